The van der Waals surface area contributed by atoms with Gasteiger partial charge in [0.05, 0.1) is 24.1 Å². The van der Waals surface area contributed by atoms with Crippen molar-refractivity contribution in [3.05, 3.63) is 40.8 Å². The number of hydrogen-bond acceptors (Lipinski definition) is 7. The van der Waals surface area contributed by atoms with Gasteiger partial charge in [-0.15, -0.1) is 21.5 Å². The first-order valence-electron chi connectivity index (χ1n) is 10.9. The molecule has 0 amide bonds. The topological polar surface area (TPSA) is 58.4 Å². The Morgan fingerprint density at radius 1 is 1.32 bits per heavy atom. The van der Waals surface area contributed by atoms with Crippen molar-refractivity contribution in [2.24, 2.45) is 0 Å². The van der Waals surface area contributed by atoms with Gasteiger partial charge in [0.2, 0.25) is 0 Å². The molecule has 0 N–H and O–H groups in total. The molecule has 2 aliphatic rings. The Bertz CT molecular complexity index is 1030. The fourth-order valence-corrected chi connectivity index (χ4v) is 5.81. The number of nitrogens with zero attached hydrogens (tertiary/aromatic N) is 3. The van der Waals surface area contributed by atoms with Crippen LogP contribution in [0.3, 0.4) is 0 Å². The highest BCUT2D eigenvalue weighted by molar-refractivity contribution is 7.98. The summed E-state index contributed by atoms with van der Waals surface area (Å²) in [5.41, 5.74) is 2.36. The van der Waals surface area contributed by atoms with Crippen molar-refractivity contribution >= 4 is 23.1 Å². The monoisotopic (exact) mass is 457 g/mol. The third-order valence-corrected chi connectivity index (χ3v) is 7.49. The summed E-state index contributed by atoms with van der Waals surface area (Å²) in [5, 5.41) is 12.1. The highest BCUT2D eigenvalue weighted by Gasteiger charge is 2.24. The molecular weight excluding hydrogens is 430 g/mol. The summed E-state index contributed by atoms with van der Waals surface area (Å²) in [5.74, 6) is 3.58. The Balaban J connectivity index is 1.41. The average molecular weight is 458 g/mol. The van der Waals surface area contributed by atoms with Crippen LogP contribution < -0.4 is 9.47 Å². The molecule has 0 radical (unpaired) electrons. The SMILES string of the molecule is CCOc1cc2c(cc1CSc1nnc(-c3cccs3)n1CC1CCCO1)OC(C)C2. The predicted molar refractivity (Wildman–Crippen MR) is 123 cm³/mol. The minimum Gasteiger partial charge on any atom is -0.494 e. The molecule has 4 heterocycles. The minimum atomic E-state index is 0.218. The van der Waals surface area contributed by atoms with E-state index in [0.29, 0.717) is 6.61 Å². The summed E-state index contributed by atoms with van der Waals surface area (Å²) >= 11 is 3.38. The zero-order valence-corrected chi connectivity index (χ0v) is 19.5. The second kappa shape index (κ2) is 9.22. The van der Waals surface area contributed by atoms with Gasteiger partial charge in [-0.2, -0.15) is 0 Å². The fourth-order valence-electron chi connectivity index (χ4n) is 4.17. The Hall–Kier alpha value is -2.03. The van der Waals surface area contributed by atoms with Crippen molar-refractivity contribution in [2.45, 2.75) is 62.8 Å². The number of benzene rings is 1. The van der Waals surface area contributed by atoms with Crippen LogP contribution in [0.2, 0.25) is 0 Å². The van der Waals surface area contributed by atoms with Gasteiger partial charge in [0.1, 0.15) is 17.6 Å². The van der Waals surface area contributed by atoms with Crippen LogP contribution in [0.25, 0.3) is 10.7 Å². The second-order valence-electron chi connectivity index (χ2n) is 7.95. The predicted octanol–water partition coefficient (Wildman–Crippen LogP) is 5.20. The smallest absolute Gasteiger partial charge is 0.191 e. The van der Waals surface area contributed by atoms with E-state index >= 15 is 0 Å². The lowest BCUT2D eigenvalue weighted by molar-refractivity contribution is 0.0953. The van der Waals surface area contributed by atoms with E-state index in [1.54, 1.807) is 23.1 Å². The van der Waals surface area contributed by atoms with Gasteiger partial charge in [-0.25, -0.2) is 0 Å². The van der Waals surface area contributed by atoms with E-state index in [1.165, 1.54) is 5.56 Å². The number of thiophene rings is 1. The van der Waals surface area contributed by atoms with Crippen LogP contribution >= 0.6 is 23.1 Å². The first kappa shape index (κ1) is 20.8. The fraction of sp³-hybridized carbons (Fsp3) is 0.478. The van der Waals surface area contributed by atoms with Crippen LogP contribution in [-0.2, 0) is 23.5 Å². The van der Waals surface area contributed by atoms with Crippen molar-refractivity contribution in [3.63, 3.8) is 0 Å². The molecule has 2 atom stereocenters. The molecule has 164 valence electrons. The normalized spacial score (nSPS) is 20.1. The van der Waals surface area contributed by atoms with Crippen LogP contribution in [0.1, 0.15) is 37.8 Å². The Kier molecular flexibility index (Phi) is 6.20. The largest absolute Gasteiger partial charge is 0.494 e. The van der Waals surface area contributed by atoms with E-state index in [9.17, 15) is 0 Å². The molecule has 2 aliphatic heterocycles. The number of rotatable bonds is 8. The highest BCUT2D eigenvalue weighted by Crippen LogP contribution is 2.38. The maximum Gasteiger partial charge on any atom is 0.191 e. The van der Waals surface area contributed by atoms with Gasteiger partial charge in [-0.3, -0.25) is 4.57 Å². The van der Waals surface area contributed by atoms with Crippen molar-refractivity contribution in [2.75, 3.05) is 13.2 Å². The summed E-state index contributed by atoms with van der Waals surface area (Å²) < 4.78 is 20.1. The highest BCUT2D eigenvalue weighted by atomic mass is 32.2. The zero-order chi connectivity index (χ0) is 21.2. The molecule has 0 bridgehead atoms. The van der Waals surface area contributed by atoms with Crippen LogP contribution in [0.5, 0.6) is 11.5 Å². The minimum absolute atomic E-state index is 0.218. The molecule has 1 saturated heterocycles. The van der Waals surface area contributed by atoms with Gasteiger partial charge in [0.25, 0.3) is 0 Å². The first-order chi connectivity index (χ1) is 15.2. The Morgan fingerprint density at radius 2 is 2.26 bits per heavy atom. The summed E-state index contributed by atoms with van der Waals surface area (Å²) in [6, 6.07) is 8.43. The van der Waals surface area contributed by atoms with Crippen molar-refractivity contribution in [1.29, 1.82) is 0 Å². The maximum atomic E-state index is 5.98. The van der Waals surface area contributed by atoms with E-state index in [4.69, 9.17) is 14.2 Å². The third-order valence-electron chi connectivity index (χ3n) is 5.60. The number of thioether (sulfide) groups is 1. The number of ether oxygens (including phenoxy) is 3. The van der Waals surface area contributed by atoms with Crippen molar-refractivity contribution in [1.82, 2.24) is 14.8 Å². The van der Waals surface area contributed by atoms with E-state index in [2.05, 4.69) is 51.3 Å². The number of aromatic nitrogens is 3. The molecule has 0 aliphatic carbocycles. The van der Waals surface area contributed by atoms with Crippen LogP contribution in [0, 0.1) is 0 Å². The molecule has 0 saturated carbocycles. The van der Waals surface area contributed by atoms with Crippen LogP contribution in [0.4, 0.5) is 0 Å². The zero-order valence-electron chi connectivity index (χ0n) is 17.9. The Labute approximate surface area is 190 Å². The first-order valence-corrected chi connectivity index (χ1v) is 12.7. The summed E-state index contributed by atoms with van der Waals surface area (Å²) in [6.45, 7) is 6.40. The summed E-state index contributed by atoms with van der Waals surface area (Å²) in [6.07, 6.45) is 3.58. The lowest BCUT2D eigenvalue weighted by Gasteiger charge is -2.15. The molecule has 1 aromatic carbocycles. The molecule has 1 fully saturated rings. The van der Waals surface area contributed by atoms with E-state index in [-0.39, 0.29) is 12.2 Å². The lowest BCUT2D eigenvalue weighted by Crippen LogP contribution is -2.16. The molecule has 31 heavy (non-hydrogen) atoms. The molecule has 2 aromatic heterocycles. The molecule has 5 rings (SSSR count). The molecule has 8 heteroatoms. The number of fused-ring (bicyclic) bond motifs is 1. The third kappa shape index (κ3) is 4.47. The van der Waals surface area contributed by atoms with Crippen molar-refractivity contribution in [3.8, 4) is 22.2 Å². The van der Waals surface area contributed by atoms with E-state index in [1.807, 2.05) is 6.92 Å². The van der Waals surface area contributed by atoms with Gasteiger partial charge < -0.3 is 14.2 Å². The average Bonchev–Trinajstić information content (AvgIpc) is 3.54. The summed E-state index contributed by atoms with van der Waals surface area (Å²) in [7, 11) is 0. The second-order valence-corrected chi connectivity index (χ2v) is 9.84. The van der Waals surface area contributed by atoms with Crippen LogP contribution in [0.15, 0.2) is 34.8 Å². The van der Waals surface area contributed by atoms with Gasteiger partial charge in [-0.05, 0) is 50.3 Å². The standard InChI is InChI=1S/C23H27N3O3S2/c1-3-27-19-11-16-10-15(2)29-20(16)12-17(19)14-31-23-25-24-22(21-7-5-9-30-21)26(23)13-18-6-4-8-28-18/h5,7,9,11-12,15,18H,3-4,6,8,10,13-14H2,1-2H3. The molecule has 2 unspecified atom stereocenters. The van der Waals surface area contributed by atoms with E-state index in [0.717, 1.165) is 71.1 Å². The summed E-state index contributed by atoms with van der Waals surface area (Å²) in [4.78, 5) is 1.13. The van der Waals surface area contributed by atoms with Gasteiger partial charge in [0.15, 0.2) is 11.0 Å². The molecule has 3 aromatic rings. The van der Waals surface area contributed by atoms with Gasteiger partial charge in [0, 0.05) is 29.9 Å². The molecule has 6 nitrogen and oxygen atoms in total. The van der Waals surface area contributed by atoms with Crippen LogP contribution in [-0.4, -0.2) is 40.2 Å². The Morgan fingerprint density at radius 3 is 3.03 bits per heavy atom. The van der Waals surface area contributed by atoms with E-state index < -0.39 is 0 Å². The maximum absolute atomic E-state index is 5.98. The van der Waals surface area contributed by atoms with Gasteiger partial charge >= 0.3 is 0 Å². The lowest BCUT2D eigenvalue weighted by atomic mass is 10.1. The van der Waals surface area contributed by atoms with Gasteiger partial charge in [-0.1, -0.05) is 17.8 Å². The van der Waals surface area contributed by atoms with Crippen molar-refractivity contribution < 1.29 is 14.2 Å². The number of hydrogen-bond donors (Lipinski definition) is 0. The molecular formula is C23H27N3O3S2. The molecule has 0 spiro atoms. The quantitative estimate of drug-likeness (QED) is 0.433.